The van der Waals surface area contributed by atoms with E-state index in [4.69, 9.17) is 16.3 Å². The van der Waals surface area contributed by atoms with E-state index in [2.05, 4.69) is 20.6 Å². The summed E-state index contributed by atoms with van der Waals surface area (Å²) in [5, 5.41) is 17.0. The molecule has 29 heavy (non-hydrogen) atoms. The second kappa shape index (κ2) is 9.32. The molecular weight excluding hydrogens is 412 g/mol. The Kier molecular flexibility index (Phi) is 6.81. The number of hydrogen-bond acceptors (Lipinski definition) is 6. The summed E-state index contributed by atoms with van der Waals surface area (Å²) >= 11 is 7.41. The van der Waals surface area contributed by atoms with Crippen LogP contribution in [0.3, 0.4) is 0 Å². The van der Waals surface area contributed by atoms with Crippen LogP contribution in [-0.4, -0.2) is 42.8 Å². The molecule has 0 radical (unpaired) electrons. The maximum Gasteiger partial charge on any atom is 0.243 e. The standard InChI is InChI=1S/C19H23ClN6O2S/c1-5-26-10-14(18(24-26)28-6-2)17-22-23-19(25(17)4)29-11-16(27)21-13-8-7-12(3)15(20)9-13/h7-10H,5-6,11H2,1-4H3,(H,21,27). The van der Waals surface area contributed by atoms with Gasteiger partial charge in [0.1, 0.15) is 5.56 Å². The molecule has 8 nitrogen and oxygen atoms in total. The van der Waals surface area contributed by atoms with Crippen LogP contribution in [-0.2, 0) is 18.4 Å². The third-order valence-corrected chi connectivity index (χ3v) is 5.62. The van der Waals surface area contributed by atoms with Crippen molar-refractivity contribution in [3.05, 3.63) is 35.0 Å². The maximum absolute atomic E-state index is 12.3. The second-order valence-corrected chi connectivity index (χ2v) is 7.65. The molecule has 0 atom stereocenters. The first-order valence-electron chi connectivity index (χ1n) is 9.21. The van der Waals surface area contributed by atoms with Crippen LogP contribution in [0.15, 0.2) is 29.6 Å². The van der Waals surface area contributed by atoms with Gasteiger partial charge in [-0.05, 0) is 38.5 Å². The predicted molar refractivity (Wildman–Crippen MR) is 115 cm³/mol. The van der Waals surface area contributed by atoms with E-state index in [0.717, 1.165) is 17.7 Å². The molecule has 10 heteroatoms. The molecule has 0 saturated heterocycles. The average molecular weight is 435 g/mol. The quantitative estimate of drug-likeness (QED) is 0.543. The number of hydrogen-bond donors (Lipinski definition) is 1. The van der Waals surface area contributed by atoms with E-state index in [0.29, 0.717) is 34.2 Å². The molecular formula is C19H23ClN6O2S. The van der Waals surface area contributed by atoms with Gasteiger partial charge >= 0.3 is 0 Å². The molecule has 1 N–H and O–H groups in total. The van der Waals surface area contributed by atoms with Crippen LogP contribution < -0.4 is 10.1 Å². The Morgan fingerprint density at radius 3 is 2.79 bits per heavy atom. The largest absolute Gasteiger partial charge is 0.476 e. The molecule has 0 unspecified atom stereocenters. The summed E-state index contributed by atoms with van der Waals surface area (Å²) in [5.74, 6) is 1.22. The molecule has 0 bridgehead atoms. The average Bonchev–Trinajstić information content (AvgIpc) is 3.26. The van der Waals surface area contributed by atoms with E-state index in [1.165, 1.54) is 11.8 Å². The van der Waals surface area contributed by atoms with Crippen LogP contribution in [0.5, 0.6) is 5.88 Å². The second-order valence-electron chi connectivity index (χ2n) is 6.30. The Hall–Kier alpha value is -2.52. The molecule has 1 amide bonds. The van der Waals surface area contributed by atoms with Crippen LogP contribution in [0.25, 0.3) is 11.4 Å². The summed E-state index contributed by atoms with van der Waals surface area (Å²) in [5.41, 5.74) is 2.40. The number of benzene rings is 1. The van der Waals surface area contributed by atoms with Crippen molar-refractivity contribution < 1.29 is 9.53 Å². The minimum absolute atomic E-state index is 0.145. The topological polar surface area (TPSA) is 86.9 Å². The molecule has 0 aliphatic heterocycles. The number of ether oxygens (including phenoxy) is 1. The van der Waals surface area contributed by atoms with Gasteiger partial charge in [-0.15, -0.1) is 15.3 Å². The summed E-state index contributed by atoms with van der Waals surface area (Å²) in [4.78, 5) is 12.3. The minimum atomic E-state index is -0.145. The number of aryl methyl sites for hydroxylation is 2. The minimum Gasteiger partial charge on any atom is -0.476 e. The molecule has 1 aromatic carbocycles. The third kappa shape index (κ3) is 4.91. The van der Waals surface area contributed by atoms with E-state index in [1.807, 2.05) is 50.7 Å². The van der Waals surface area contributed by atoms with Crippen molar-refractivity contribution in [1.82, 2.24) is 24.5 Å². The van der Waals surface area contributed by atoms with E-state index in [-0.39, 0.29) is 11.7 Å². The van der Waals surface area contributed by atoms with Crippen molar-refractivity contribution in [2.45, 2.75) is 32.5 Å². The fraction of sp³-hybridized carbons (Fsp3) is 0.368. The first-order chi connectivity index (χ1) is 13.9. The molecule has 2 heterocycles. The summed E-state index contributed by atoms with van der Waals surface area (Å²) in [6, 6.07) is 5.43. The molecule has 154 valence electrons. The Morgan fingerprint density at radius 2 is 2.10 bits per heavy atom. The zero-order valence-corrected chi connectivity index (χ0v) is 18.3. The number of carbonyl (C=O) groups excluding carboxylic acids is 1. The van der Waals surface area contributed by atoms with Crippen LogP contribution in [0.4, 0.5) is 5.69 Å². The lowest BCUT2D eigenvalue weighted by Gasteiger charge is -2.07. The van der Waals surface area contributed by atoms with Crippen molar-refractivity contribution in [2.24, 2.45) is 7.05 Å². The van der Waals surface area contributed by atoms with E-state index < -0.39 is 0 Å². The first kappa shape index (κ1) is 21.2. The molecule has 0 aliphatic rings. The fourth-order valence-corrected chi connectivity index (χ4v) is 3.53. The van der Waals surface area contributed by atoms with Crippen LogP contribution >= 0.6 is 23.4 Å². The molecule has 3 aromatic rings. The smallest absolute Gasteiger partial charge is 0.243 e. The summed E-state index contributed by atoms with van der Waals surface area (Å²) in [7, 11) is 1.86. The van der Waals surface area contributed by atoms with Gasteiger partial charge < -0.3 is 14.6 Å². The Labute approximate surface area is 178 Å². The fourth-order valence-electron chi connectivity index (χ4n) is 2.64. The van der Waals surface area contributed by atoms with Gasteiger partial charge in [-0.1, -0.05) is 29.4 Å². The number of aromatic nitrogens is 5. The maximum atomic E-state index is 12.3. The summed E-state index contributed by atoms with van der Waals surface area (Å²) < 4.78 is 9.25. The van der Waals surface area contributed by atoms with E-state index in [9.17, 15) is 4.79 Å². The highest BCUT2D eigenvalue weighted by atomic mass is 35.5. The highest BCUT2D eigenvalue weighted by Crippen LogP contribution is 2.29. The van der Waals surface area contributed by atoms with Gasteiger partial charge in [0.05, 0.1) is 12.4 Å². The highest BCUT2D eigenvalue weighted by molar-refractivity contribution is 7.99. The molecule has 0 spiro atoms. The molecule has 3 rings (SSSR count). The van der Waals surface area contributed by atoms with Crippen molar-refractivity contribution in [3.63, 3.8) is 0 Å². The Bertz CT molecular complexity index is 1020. The van der Waals surface area contributed by atoms with Gasteiger partial charge in [0, 0.05) is 30.5 Å². The van der Waals surface area contributed by atoms with Gasteiger partial charge in [0.2, 0.25) is 11.8 Å². The third-order valence-electron chi connectivity index (χ3n) is 4.20. The first-order valence-corrected chi connectivity index (χ1v) is 10.6. The van der Waals surface area contributed by atoms with Gasteiger partial charge in [-0.3, -0.25) is 9.48 Å². The monoisotopic (exact) mass is 434 g/mol. The number of amides is 1. The van der Waals surface area contributed by atoms with Gasteiger partial charge in [-0.2, -0.15) is 0 Å². The lowest BCUT2D eigenvalue weighted by Crippen LogP contribution is -2.14. The zero-order chi connectivity index (χ0) is 21.0. The van der Waals surface area contributed by atoms with E-state index >= 15 is 0 Å². The van der Waals surface area contributed by atoms with Crippen molar-refractivity contribution in [1.29, 1.82) is 0 Å². The lowest BCUT2D eigenvalue weighted by atomic mass is 10.2. The molecule has 0 saturated carbocycles. The zero-order valence-electron chi connectivity index (χ0n) is 16.8. The SMILES string of the molecule is CCOc1nn(CC)cc1-c1nnc(SCC(=O)Nc2ccc(C)c(Cl)c2)n1C. The van der Waals surface area contributed by atoms with Crippen molar-refractivity contribution in [2.75, 3.05) is 17.7 Å². The van der Waals surface area contributed by atoms with Crippen LogP contribution in [0.2, 0.25) is 5.02 Å². The molecule has 2 aromatic heterocycles. The number of halogens is 1. The lowest BCUT2D eigenvalue weighted by molar-refractivity contribution is -0.113. The highest BCUT2D eigenvalue weighted by Gasteiger charge is 2.19. The number of thioether (sulfide) groups is 1. The van der Waals surface area contributed by atoms with Crippen LogP contribution in [0.1, 0.15) is 19.4 Å². The number of carbonyl (C=O) groups is 1. The predicted octanol–water partition coefficient (Wildman–Crippen LogP) is 3.79. The van der Waals surface area contributed by atoms with Gasteiger partial charge in [-0.25, -0.2) is 0 Å². The Morgan fingerprint density at radius 1 is 1.31 bits per heavy atom. The normalized spacial score (nSPS) is 10.9. The summed E-state index contributed by atoms with van der Waals surface area (Å²) in [6.45, 7) is 7.06. The van der Waals surface area contributed by atoms with E-state index in [1.54, 1.807) is 10.7 Å². The summed E-state index contributed by atoms with van der Waals surface area (Å²) in [6.07, 6.45) is 1.89. The van der Waals surface area contributed by atoms with Crippen molar-refractivity contribution >= 4 is 35.0 Å². The van der Waals surface area contributed by atoms with Gasteiger partial charge in [0.25, 0.3) is 0 Å². The van der Waals surface area contributed by atoms with Crippen molar-refractivity contribution in [3.8, 4) is 17.3 Å². The van der Waals surface area contributed by atoms with Crippen LogP contribution in [0, 0.1) is 6.92 Å². The molecule has 0 fully saturated rings. The number of rotatable bonds is 8. The number of anilines is 1. The van der Waals surface area contributed by atoms with Gasteiger partial charge in [0.15, 0.2) is 11.0 Å². The Balaban J connectivity index is 1.69. The number of nitrogens with one attached hydrogen (secondary N) is 1. The number of nitrogens with zero attached hydrogens (tertiary/aromatic N) is 5. The molecule has 0 aliphatic carbocycles.